The van der Waals surface area contributed by atoms with Crippen molar-refractivity contribution in [2.75, 3.05) is 5.32 Å². The Morgan fingerprint density at radius 1 is 0.957 bits per heavy atom. The molecule has 0 spiro atoms. The van der Waals surface area contributed by atoms with Gasteiger partial charge in [-0.1, -0.05) is 55.5 Å². The Balaban J connectivity index is 1.93. The molecule has 23 heavy (non-hydrogen) atoms. The van der Waals surface area contributed by atoms with Gasteiger partial charge in [-0.05, 0) is 35.7 Å². The molecule has 116 valence electrons. The molecule has 0 bridgehead atoms. The number of carbonyl (C=O) groups excluding carboxylic acids is 1. The summed E-state index contributed by atoms with van der Waals surface area (Å²) in [5.41, 5.74) is 2.99. The first kappa shape index (κ1) is 15.1. The van der Waals surface area contributed by atoms with E-state index in [1.807, 2.05) is 83.7 Å². The van der Waals surface area contributed by atoms with Crippen molar-refractivity contribution in [3.8, 4) is 0 Å². The van der Waals surface area contributed by atoms with Crippen LogP contribution in [0.1, 0.15) is 24.1 Å². The van der Waals surface area contributed by atoms with E-state index in [0.29, 0.717) is 0 Å². The minimum atomic E-state index is -0.379. The molecule has 0 aliphatic carbocycles. The third-order valence-corrected chi connectivity index (χ3v) is 3.95. The average molecular weight is 304 g/mol. The van der Waals surface area contributed by atoms with Gasteiger partial charge in [-0.25, -0.2) is 0 Å². The third kappa shape index (κ3) is 3.34. The molecule has 3 rings (SSSR count). The molecule has 0 saturated heterocycles. The maximum atomic E-state index is 12.9. The summed E-state index contributed by atoms with van der Waals surface area (Å²) in [6, 6.07) is 21.3. The number of anilines is 1. The molecule has 3 aromatic rings. The average Bonchev–Trinajstić information content (AvgIpc) is 3.10. The number of nitrogens with one attached hydrogen (secondary N) is 1. The van der Waals surface area contributed by atoms with Gasteiger partial charge in [0.1, 0.15) is 6.04 Å². The maximum Gasteiger partial charge on any atom is 0.252 e. The SMILES string of the molecule is CCc1ccccc1NC(=O)[C@@H](c1ccccc1)n1cccc1. The van der Waals surface area contributed by atoms with E-state index >= 15 is 0 Å². The zero-order valence-corrected chi connectivity index (χ0v) is 13.1. The summed E-state index contributed by atoms with van der Waals surface area (Å²) in [7, 11) is 0. The quantitative estimate of drug-likeness (QED) is 0.750. The van der Waals surface area contributed by atoms with E-state index < -0.39 is 0 Å². The summed E-state index contributed by atoms with van der Waals surface area (Å²) >= 11 is 0. The highest BCUT2D eigenvalue weighted by Crippen LogP contribution is 2.22. The van der Waals surface area contributed by atoms with Crippen molar-refractivity contribution in [2.24, 2.45) is 0 Å². The molecule has 3 heteroatoms. The molecular weight excluding hydrogens is 284 g/mol. The van der Waals surface area contributed by atoms with Crippen molar-refractivity contribution in [3.05, 3.63) is 90.3 Å². The Hall–Kier alpha value is -2.81. The zero-order chi connectivity index (χ0) is 16.1. The second kappa shape index (κ2) is 6.97. The van der Waals surface area contributed by atoms with Crippen LogP contribution in [-0.4, -0.2) is 10.5 Å². The molecule has 3 nitrogen and oxygen atoms in total. The molecule has 0 radical (unpaired) electrons. The summed E-state index contributed by atoms with van der Waals surface area (Å²) in [6.45, 7) is 2.09. The number of nitrogens with zero attached hydrogens (tertiary/aromatic N) is 1. The fourth-order valence-corrected chi connectivity index (χ4v) is 2.77. The summed E-state index contributed by atoms with van der Waals surface area (Å²) in [6.07, 6.45) is 4.72. The first-order chi connectivity index (χ1) is 11.3. The lowest BCUT2D eigenvalue weighted by Gasteiger charge is -2.20. The van der Waals surface area contributed by atoms with Gasteiger partial charge in [0.25, 0.3) is 5.91 Å². The van der Waals surface area contributed by atoms with Crippen LogP contribution in [0.4, 0.5) is 5.69 Å². The fourth-order valence-electron chi connectivity index (χ4n) is 2.77. The van der Waals surface area contributed by atoms with Crippen LogP contribution in [0.2, 0.25) is 0 Å². The van der Waals surface area contributed by atoms with Crippen LogP contribution in [0.5, 0.6) is 0 Å². The molecule has 0 aliphatic heterocycles. The van der Waals surface area contributed by atoms with Crippen molar-refractivity contribution in [1.82, 2.24) is 4.57 Å². The summed E-state index contributed by atoms with van der Waals surface area (Å²) < 4.78 is 1.93. The van der Waals surface area contributed by atoms with Gasteiger partial charge in [0.15, 0.2) is 0 Å². The molecule has 2 aromatic carbocycles. The summed E-state index contributed by atoms with van der Waals surface area (Å²) in [5.74, 6) is -0.0340. The van der Waals surface area contributed by atoms with Gasteiger partial charge < -0.3 is 9.88 Å². The van der Waals surface area contributed by atoms with Crippen molar-refractivity contribution in [2.45, 2.75) is 19.4 Å². The van der Waals surface area contributed by atoms with E-state index in [9.17, 15) is 4.79 Å². The molecule has 0 saturated carbocycles. The minimum Gasteiger partial charge on any atom is -0.338 e. The predicted molar refractivity (Wildman–Crippen MR) is 93.5 cm³/mol. The van der Waals surface area contributed by atoms with E-state index in [1.165, 1.54) is 0 Å². The van der Waals surface area contributed by atoms with E-state index in [2.05, 4.69) is 12.2 Å². The molecule has 1 N–H and O–H groups in total. The third-order valence-electron chi connectivity index (χ3n) is 3.95. The van der Waals surface area contributed by atoms with Gasteiger partial charge in [0.2, 0.25) is 0 Å². The zero-order valence-electron chi connectivity index (χ0n) is 13.1. The highest BCUT2D eigenvalue weighted by atomic mass is 16.2. The standard InChI is InChI=1S/C20H20N2O/c1-2-16-10-6-7-13-18(16)21-20(23)19(22-14-8-9-15-22)17-11-4-3-5-12-17/h3-15,19H,2H2,1H3,(H,21,23)/t19-/m1/s1. The maximum absolute atomic E-state index is 12.9. The number of rotatable bonds is 5. The number of aromatic nitrogens is 1. The van der Waals surface area contributed by atoms with Crippen LogP contribution in [0.3, 0.4) is 0 Å². The second-order valence-corrected chi connectivity index (χ2v) is 5.44. The van der Waals surface area contributed by atoms with E-state index in [1.54, 1.807) is 0 Å². The molecule has 1 aromatic heterocycles. The largest absolute Gasteiger partial charge is 0.338 e. The number of benzene rings is 2. The highest BCUT2D eigenvalue weighted by Gasteiger charge is 2.22. The smallest absolute Gasteiger partial charge is 0.252 e. The van der Waals surface area contributed by atoms with Crippen LogP contribution in [0, 0.1) is 0 Å². The van der Waals surface area contributed by atoms with Crippen LogP contribution in [-0.2, 0) is 11.2 Å². The van der Waals surface area contributed by atoms with Crippen molar-refractivity contribution in [3.63, 3.8) is 0 Å². The molecule has 1 heterocycles. The first-order valence-corrected chi connectivity index (χ1v) is 7.85. The van der Waals surface area contributed by atoms with Gasteiger partial charge in [-0.3, -0.25) is 4.79 Å². The number of amides is 1. The Bertz CT molecular complexity index is 763. The van der Waals surface area contributed by atoms with E-state index in [4.69, 9.17) is 0 Å². The monoisotopic (exact) mass is 304 g/mol. The van der Waals surface area contributed by atoms with Crippen molar-refractivity contribution >= 4 is 11.6 Å². The number of hydrogen-bond acceptors (Lipinski definition) is 1. The molecule has 1 atom stereocenters. The van der Waals surface area contributed by atoms with E-state index in [0.717, 1.165) is 23.2 Å². The number of carbonyl (C=O) groups is 1. The minimum absolute atomic E-state index is 0.0340. The van der Waals surface area contributed by atoms with Crippen LogP contribution < -0.4 is 5.32 Å². The Kier molecular flexibility index (Phi) is 4.57. The van der Waals surface area contributed by atoms with Crippen LogP contribution >= 0.6 is 0 Å². The highest BCUT2D eigenvalue weighted by molar-refractivity contribution is 5.96. The normalized spacial score (nSPS) is 11.9. The molecule has 0 fully saturated rings. The lowest BCUT2D eigenvalue weighted by molar-refractivity contribution is -0.118. The number of para-hydroxylation sites is 1. The van der Waals surface area contributed by atoms with E-state index in [-0.39, 0.29) is 11.9 Å². The molecule has 1 amide bonds. The fraction of sp³-hybridized carbons (Fsp3) is 0.150. The van der Waals surface area contributed by atoms with Gasteiger partial charge in [0, 0.05) is 18.1 Å². The Morgan fingerprint density at radius 2 is 1.61 bits per heavy atom. The van der Waals surface area contributed by atoms with Crippen LogP contribution in [0.15, 0.2) is 79.1 Å². The lowest BCUT2D eigenvalue weighted by atomic mass is 10.0. The van der Waals surface area contributed by atoms with Crippen LogP contribution in [0.25, 0.3) is 0 Å². The van der Waals surface area contributed by atoms with Gasteiger partial charge in [0.05, 0.1) is 0 Å². The molecular formula is C20H20N2O. The van der Waals surface area contributed by atoms with Gasteiger partial charge >= 0.3 is 0 Å². The predicted octanol–water partition coefficient (Wildman–Crippen LogP) is 4.28. The number of aryl methyl sites for hydroxylation is 1. The number of hydrogen-bond donors (Lipinski definition) is 1. The van der Waals surface area contributed by atoms with Crippen molar-refractivity contribution < 1.29 is 4.79 Å². The Morgan fingerprint density at radius 3 is 2.30 bits per heavy atom. The van der Waals surface area contributed by atoms with Gasteiger partial charge in [-0.15, -0.1) is 0 Å². The topological polar surface area (TPSA) is 34.0 Å². The Labute approximate surface area is 136 Å². The molecule has 0 aliphatic rings. The summed E-state index contributed by atoms with van der Waals surface area (Å²) in [5, 5.41) is 3.09. The first-order valence-electron chi connectivity index (χ1n) is 7.85. The lowest BCUT2D eigenvalue weighted by Crippen LogP contribution is -2.26. The van der Waals surface area contributed by atoms with Gasteiger partial charge in [-0.2, -0.15) is 0 Å². The van der Waals surface area contributed by atoms with Crippen molar-refractivity contribution in [1.29, 1.82) is 0 Å². The second-order valence-electron chi connectivity index (χ2n) is 5.44. The molecule has 0 unspecified atom stereocenters. The summed E-state index contributed by atoms with van der Waals surface area (Å²) in [4.78, 5) is 12.9.